The molecule has 8 nitrogen and oxygen atoms in total. The fourth-order valence-electron chi connectivity index (χ4n) is 4.21. The van der Waals surface area contributed by atoms with Gasteiger partial charge in [-0.2, -0.15) is 0 Å². The topological polar surface area (TPSA) is 79.6 Å². The molecule has 1 fully saturated rings. The van der Waals surface area contributed by atoms with Gasteiger partial charge in [0.2, 0.25) is 0 Å². The zero-order chi connectivity index (χ0) is 24.1. The van der Waals surface area contributed by atoms with Crippen molar-refractivity contribution in [2.75, 3.05) is 23.9 Å². The average molecular weight is 492 g/mol. The highest BCUT2D eigenvalue weighted by Gasteiger charge is 2.41. The number of fused-ring (bicyclic) bond motifs is 1. The van der Waals surface area contributed by atoms with E-state index >= 15 is 0 Å². The summed E-state index contributed by atoms with van der Waals surface area (Å²) in [6.45, 7) is 1.85. The maximum atomic E-state index is 13.3. The molecule has 172 valence electrons. The van der Waals surface area contributed by atoms with E-state index in [1.807, 2.05) is 61.5 Å². The summed E-state index contributed by atoms with van der Waals surface area (Å²) in [5, 5.41) is 3.10. The van der Waals surface area contributed by atoms with Crippen molar-refractivity contribution in [2.24, 2.45) is 7.05 Å². The Balaban J connectivity index is 1.45. The molecule has 3 aromatic rings. The van der Waals surface area contributed by atoms with Crippen LogP contribution in [0.3, 0.4) is 0 Å². The van der Waals surface area contributed by atoms with E-state index in [1.54, 1.807) is 23.5 Å². The lowest BCUT2D eigenvalue weighted by molar-refractivity contribution is -0.122. The third-order valence-electron chi connectivity index (χ3n) is 6.10. The van der Waals surface area contributed by atoms with Gasteiger partial charge in [-0.05, 0) is 25.1 Å². The summed E-state index contributed by atoms with van der Waals surface area (Å²) in [5.41, 5.74) is 3.45. The van der Waals surface area contributed by atoms with Crippen LogP contribution in [0.5, 0.6) is 0 Å². The number of nitrogens with zero attached hydrogens (tertiary/aromatic N) is 4. The predicted octanol–water partition coefficient (Wildman–Crippen LogP) is 3.10. The molecule has 1 aromatic heterocycles. The van der Waals surface area contributed by atoms with Gasteiger partial charge >= 0.3 is 0 Å². The predicted molar refractivity (Wildman–Crippen MR) is 138 cm³/mol. The van der Waals surface area contributed by atoms with Gasteiger partial charge in [0, 0.05) is 19.7 Å². The first-order chi connectivity index (χ1) is 16.3. The van der Waals surface area contributed by atoms with Crippen LogP contribution in [0.2, 0.25) is 0 Å². The van der Waals surface area contributed by atoms with Crippen LogP contribution in [0.15, 0.2) is 64.3 Å². The van der Waals surface area contributed by atoms with Crippen molar-refractivity contribution in [1.29, 1.82) is 0 Å². The molecule has 10 heteroatoms. The molecule has 5 rings (SSSR count). The van der Waals surface area contributed by atoms with Crippen molar-refractivity contribution in [3.05, 3.63) is 81.1 Å². The Bertz CT molecular complexity index is 1450. The fourth-order valence-corrected chi connectivity index (χ4v) is 5.53. The van der Waals surface area contributed by atoms with Crippen molar-refractivity contribution < 1.29 is 9.59 Å². The van der Waals surface area contributed by atoms with Gasteiger partial charge in [-0.3, -0.25) is 24.0 Å². The number of aromatic nitrogens is 2. The molecule has 0 spiro atoms. The van der Waals surface area contributed by atoms with Crippen LogP contribution < -0.4 is 15.8 Å². The van der Waals surface area contributed by atoms with Crippen LogP contribution in [0.1, 0.15) is 11.3 Å². The Morgan fingerprint density at radius 1 is 0.941 bits per heavy atom. The molecule has 2 amide bonds. The number of carbonyl (C=O) groups is 2. The highest BCUT2D eigenvalue weighted by Crippen LogP contribution is 2.43. The first kappa shape index (κ1) is 22.2. The summed E-state index contributed by atoms with van der Waals surface area (Å²) in [7, 11) is 3.49. The number of nitrogens with one attached hydrogen (secondary N) is 1. The molecule has 0 saturated carbocycles. The molecule has 0 radical (unpaired) electrons. The van der Waals surface area contributed by atoms with Gasteiger partial charge in [0.15, 0.2) is 0 Å². The van der Waals surface area contributed by atoms with E-state index in [9.17, 15) is 14.4 Å². The molecule has 0 unspecified atom stereocenters. The minimum Gasteiger partial charge on any atom is -0.361 e. The molecule has 2 aliphatic rings. The highest BCUT2D eigenvalue weighted by atomic mass is 32.2. The molecule has 0 bridgehead atoms. The van der Waals surface area contributed by atoms with E-state index in [0.717, 1.165) is 28.8 Å². The summed E-state index contributed by atoms with van der Waals surface area (Å²) in [6, 6.07) is 16.7. The minimum absolute atomic E-state index is 0.0159. The molecule has 0 aliphatic carbocycles. The number of benzene rings is 2. The Morgan fingerprint density at radius 2 is 1.62 bits per heavy atom. The number of anilines is 2. The maximum Gasteiger partial charge on any atom is 0.295 e. The van der Waals surface area contributed by atoms with E-state index in [4.69, 9.17) is 12.2 Å². The Hall–Kier alpha value is -3.63. The van der Waals surface area contributed by atoms with Gasteiger partial charge in [0.05, 0.1) is 34.2 Å². The summed E-state index contributed by atoms with van der Waals surface area (Å²) in [6.07, 6.45) is 0. The Labute approximate surface area is 205 Å². The van der Waals surface area contributed by atoms with Gasteiger partial charge in [-0.25, -0.2) is 4.68 Å². The SMILES string of the molecule is Cc1c(NCN2C(=O)C(=C3C(=O)N(C)c4ccccc43)SC2=S)c(=O)n(-c2ccccc2)n1C. The first-order valence-electron chi connectivity index (χ1n) is 10.5. The van der Waals surface area contributed by atoms with Crippen LogP contribution in [-0.4, -0.2) is 44.1 Å². The lowest BCUT2D eigenvalue weighted by atomic mass is 10.1. The van der Waals surface area contributed by atoms with Crippen molar-refractivity contribution in [3.63, 3.8) is 0 Å². The van der Waals surface area contributed by atoms with Crippen LogP contribution in [0.4, 0.5) is 11.4 Å². The third kappa shape index (κ3) is 3.29. The second-order valence-electron chi connectivity index (χ2n) is 7.96. The van der Waals surface area contributed by atoms with Gasteiger partial charge in [0.1, 0.15) is 10.0 Å². The number of hydrogen-bond acceptors (Lipinski definition) is 6. The fraction of sp³-hybridized carbons (Fsp3) is 0.167. The van der Waals surface area contributed by atoms with Crippen LogP contribution in [0, 0.1) is 6.92 Å². The highest BCUT2D eigenvalue weighted by molar-refractivity contribution is 8.26. The number of para-hydroxylation sites is 2. The van der Waals surface area contributed by atoms with Gasteiger partial charge in [-0.1, -0.05) is 60.4 Å². The van der Waals surface area contributed by atoms with Crippen molar-refractivity contribution in [1.82, 2.24) is 14.3 Å². The smallest absolute Gasteiger partial charge is 0.295 e. The number of likely N-dealkylation sites (N-methyl/N-ethyl adjacent to an activating group) is 1. The van der Waals surface area contributed by atoms with Crippen molar-refractivity contribution >= 4 is 57.1 Å². The number of amides is 2. The molecule has 2 aromatic carbocycles. The molecular formula is C24H21N5O3S2. The standard InChI is InChI=1S/C24H21N5O3S2/c1-14-19(22(31)29(27(14)3)15-9-5-4-6-10-15)25-13-28-23(32)20(34-24(28)33)18-16-11-7-8-12-17(16)26(2)21(18)30/h4-12,25H,13H2,1-3H3. The number of carbonyl (C=O) groups excluding carboxylic acids is 2. The van der Waals surface area contributed by atoms with Gasteiger partial charge in [0.25, 0.3) is 17.4 Å². The lowest BCUT2D eigenvalue weighted by Gasteiger charge is -2.15. The van der Waals surface area contributed by atoms with E-state index < -0.39 is 0 Å². The average Bonchev–Trinajstić information content (AvgIpc) is 3.34. The lowest BCUT2D eigenvalue weighted by Crippen LogP contribution is -2.34. The maximum absolute atomic E-state index is 13.3. The Morgan fingerprint density at radius 3 is 2.35 bits per heavy atom. The normalized spacial score (nSPS) is 17.7. The summed E-state index contributed by atoms with van der Waals surface area (Å²) >= 11 is 6.57. The second-order valence-corrected chi connectivity index (χ2v) is 9.60. The number of thiocarbonyl (C=S) groups is 1. The summed E-state index contributed by atoms with van der Waals surface area (Å²) in [5.74, 6) is -0.591. The third-order valence-corrected chi connectivity index (χ3v) is 7.55. The van der Waals surface area contributed by atoms with E-state index in [2.05, 4.69) is 5.32 Å². The minimum atomic E-state index is -0.354. The molecule has 1 saturated heterocycles. The quantitative estimate of drug-likeness (QED) is 0.446. The Kier molecular flexibility index (Phi) is 5.41. The molecular weight excluding hydrogens is 470 g/mol. The summed E-state index contributed by atoms with van der Waals surface area (Å²) < 4.78 is 3.65. The zero-order valence-corrected chi connectivity index (χ0v) is 20.4. The molecule has 1 N–H and O–H groups in total. The molecule has 34 heavy (non-hydrogen) atoms. The molecule has 0 atom stereocenters. The van der Waals surface area contributed by atoms with Crippen LogP contribution in [-0.2, 0) is 16.6 Å². The zero-order valence-electron chi connectivity index (χ0n) is 18.7. The second kappa shape index (κ2) is 8.30. The van der Waals surface area contributed by atoms with Crippen molar-refractivity contribution in [3.8, 4) is 5.69 Å². The number of hydrogen-bond donors (Lipinski definition) is 1. The van der Waals surface area contributed by atoms with Gasteiger partial charge in [-0.15, -0.1) is 0 Å². The van der Waals surface area contributed by atoms with E-state index in [-0.39, 0.29) is 24.0 Å². The van der Waals surface area contributed by atoms with Crippen LogP contribution in [0.25, 0.3) is 11.3 Å². The van der Waals surface area contributed by atoms with Crippen LogP contribution >= 0.6 is 24.0 Å². The number of thioether (sulfide) groups is 1. The largest absolute Gasteiger partial charge is 0.361 e. The number of rotatable bonds is 4. The first-order valence-corrected chi connectivity index (χ1v) is 11.8. The summed E-state index contributed by atoms with van der Waals surface area (Å²) in [4.78, 5) is 42.6. The van der Waals surface area contributed by atoms with E-state index in [0.29, 0.717) is 26.0 Å². The monoisotopic (exact) mass is 491 g/mol. The molecule has 3 heterocycles. The van der Waals surface area contributed by atoms with E-state index in [1.165, 1.54) is 9.80 Å². The molecule has 2 aliphatic heterocycles. The van der Waals surface area contributed by atoms with Gasteiger partial charge < -0.3 is 10.2 Å². The van der Waals surface area contributed by atoms with Crippen molar-refractivity contribution in [2.45, 2.75) is 6.92 Å².